The van der Waals surface area contributed by atoms with Gasteiger partial charge in [-0.25, -0.2) is 0 Å². The predicted molar refractivity (Wildman–Crippen MR) is 141 cm³/mol. The second-order valence-corrected chi connectivity index (χ2v) is 12.1. The van der Waals surface area contributed by atoms with Crippen molar-refractivity contribution >= 4 is 24.1 Å². The fraction of sp³-hybridized carbons (Fsp3) is 0.667. The average Bonchev–Trinajstić information content (AvgIpc) is 2.87. The molecule has 1 aromatic rings. The number of hydrogen-bond acceptors (Lipinski definition) is 9. The lowest BCUT2D eigenvalue weighted by Gasteiger charge is -2.58. The highest BCUT2D eigenvalue weighted by molar-refractivity contribution is 5.82. The van der Waals surface area contributed by atoms with E-state index in [0.717, 1.165) is 64.7 Å². The fourth-order valence-electron chi connectivity index (χ4n) is 7.60. The first kappa shape index (κ1) is 30.5. The van der Waals surface area contributed by atoms with Crippen molar-refractivity contribution in [2.24, 2.45) is 22.7 Å². The number of alkyl halides is 3. The van der Waals surface area contributed by atoms with E-state index in [-0.39, 0.29) is 12.2 Å². The number of esters is 3. The molecule has 5 aliphatic rings. The van der Waals surface area contributed by atoms with Crippen LogP contribution in [0.5, 0.6) is 0 Å². The van der Waals surface area contributed by atoms with Gasteiger partial charge in [0.25, 0.3) is 0 Å². The molecule has 42 heavy (non-hydrogen) atoms. The van der Waals surface area contributed by atoms with Gasteiger partial charge < -0.3 is 23.7 Å². The van der Waals surface area contributed by atoms with Crippen molar-refractivity contribution in [3.8, 4) is 0 Å². The number of carbonyl (C=O) groups is 3. The Kier molecular flexibility index (Phi) is 8.67. The standard InChI is InChI=1S/C30H36F3NO8/c1-16(35)38-15-24-26(39-17(2)36)27(40-18(3)37)25(34-14-22-6-4-5-7-23(22)30(31,32)33)28(41-24)42-29-11-19-8-20(12-29)10-21(9-19)13-29/h4-7,14,19-21,24-28H,8-13,15H2,1-3H3/t19?,20?,21?,24-,25-,26-,27-,28-,29?/m1/s1. The first-order valence-electron chi connectivity index (χ1n) is 14.3. The molecule has 0 spiro atoms. The minimum atomic E-state index is -4.63. The maximum absolute atomic E-state index is 13.8. The molecule has 0 radical (unpaired) electrons. The molecule has 5 fully saturated rings. The van der Waals surface area contributed by atoms with Gasteiger partial charge in [0.2, 0.25) is 0 Å². The number of carbonyl (C=O) groups excluding carboxylic acids is 3. The van der Waals surface area contributed by atoms with Crippen LogP contribution in [0.25, 0.3) is 0 Å². The van der Waals surface area contributed by atoms with Crippen LogP contribution in [0.15, 0.2) is 29.3 Å². The molecular weight excluding hydrogens is 559 g/mol. The van der Waals surface area contributed by atoms with E-state index in [2.05, 4.69) is 4.99 Å². The SMILES string of the molecule is CC(=O)OC[C@H]1O[C@H](OC23CC4CC(CC(C4)C2)C3)[C@H](N=Cc2ccccc2C(F)(F)F)[C@@H](OC(C)=O)[C@@H]1OC(C)=O. The molecule has 1 aromatic carbocycles. The summed E-state index contributed by atoms with van der Waals surface area (Å²) in [5.41, 5.74) is -1.62. The van der Waals surface area contributed by atoms with Crippen molar-refractivity contribution in [3.63, 3.8) is 0 Å². The average molecular weight is 596 g/mol. The van der Waals surface area contributed by atoms with Crippen LogP contribution in [0, 0.1) is 17.8 Å². The van der Waals surface area contributed by atoms with Gasteiger partial charge in [-0.1, -0.05) is 18.2 Å². The molecule has 0 N–H and O–H groups in total. The third kappa shape index (κ3) is 6.80. The monoisotopic (exact) mass is 595 g/mol. The van der Waals surface area contributed by atoms with Gasteiger partial charge >= 0.3 is 24.1 Å². The molecule has 230 valence electrons. The summed E-state index contributed by atoms with van der Waals surface area (Å²) < 4.78 is 70.7. The van der Waals surface area contributed by atoms with Crippen LogP contribution in [0.3, 0.4) is 0 Å². The Balaban J connectivity index is 1.54. The number of aliphatic imine (C=N–C) groups is 1. The van der Waals surface area contributed by atoms with E-state index < -0.39 is 65.9 Å². The van der Waals surface area contributed by atoms with E-state index in [1.807, 2.05) is 0 Å². The predicted octanol–water partition coefficient (Wildman–Crippen LogP) is 4.63. The Morgan fingerprint density at radius 3 is 2.05 bits per heavy atom. The number of halogens is 3. The van der Waals surface area contributed by atoms with E-state index >= 15 is 0 Å². The lowest BCUT2D eigenvalue weighted by atomic mass is 9.54. The van der Waals surface area contributed by atoms with Crippen molar-refractivity contribution in [3.05, 3.63) is 35.4 Å². The van der Waals surface area contributed by atoms with Gasteiger partial charge in [0, 0.05) is 32.5 Å². The van der Waals surface area contributed by atoms with Crippen molar-refractivity contribution in [1.82, 2.24) is 0 Å². The Hall–Kier alpha value is -2.99. The topological polar surface area (TPSA) is 110 Å². The van der Waals surface area contributed by atoms with Gasteiger partial charge in [-0.3, -0.25) is 19.4 Å². The van der Waals surface area contributed by atoms with Crippen LogP contribution < -0.4 is 0 Å². The van der Waals surface area contributed by atoms with Gasteiger partial charge in [-0.05, 0) is 62.3 Å². The van der Waals surface area contributed by atoms with Crippen LogP contribution in [-0.4, -0.2) is 67.0 Å². The van der Waals surface area contributed by atoms with Crippen molar-refractivity contribution in [2.45, 2.75) is 102 Å². The van der Waals surface area contributed by atoms with E-state index in [4.69, 9.17) is 23.7 Å². The number of benzene rings is 1. The highest BCUT2D eigenvalue weighted by Gasteiger charge is 2.57. The molecule has 6 rings (SSSR count). The molecule has 1 aliphatic heterocycles. The molecule has 12 heteroatoms. The Morgan fingerprint density at radius 2 is 1.50 bits per heavy atom. The van der Waals surface area contributed by atoms with Crippen molar-refractivity contribution < 1.29 is 51.2 Å². The quantitative estimate of drug-likeness (QED) is 0.243. The first-order chi connectivity index (χ1) is 19.8. The number of nitrogens with zero attached hydrogens (tertiary/aromatic N) is 1. The molecule has 4 bridgehead atoms. The molecule has 4 saturated carbocycles. The van der Waals surface area contributed by atoms with Gasteiger partial charge in [0.1, 0.15) is 18.8 Å². The molecule has 0 amide bonds. The minimum Gasteiger partial charge on any atom is -0.463 e. The van der Waals surface area contributed by atoms with Gasteiger partial charge in [0.15, 0.2) is 18.5 Å². The molecule has 0 aromatic heterocycles. The summed E-state index contributed by atoms with van der Waals surface area (Å²) in [6.07, 6.45) is -2.56. The highest BCUT2D eigenvalue weighted by atomic mass is 19.4. The molecule has 1 heterocycles. The Labute approximate surface area is 242 Å². The summed E-state index contributed by atoms with van der Waals surface area (Å²) in [5, 5.41) is 0. The molecule has 0 unspecified atom stereocenters. The molecule has 5 atom stereocenters. The van der Waals surface area contributed by atoms with E-state index in [0.29, 0.717) is 17.8 Å². The summed E-state index contributed by atoms with van der Waals surface area (Å²) >= 11 is 0. The lowest BCUT2D eigenvalue weighted by Crippen LogP contribution is -2.64. The Bertz CT molecular complexity index is 1180. The van der Waals surface area contributed by atoms with Crippen LogP contribution in [-0.2, 0) is 44.2 Å². The maximum atomic E-state index is 13.8. The summed E-state index contributed by atoms with van der Waals surface area (Å²) in [5.74, 6) is -0.526. The maximum Gasteiger partial charge on any atom is 0.417 e. The van der Waals surface area contributed by atoms with Crippen LogP contribution in [0.2, 0.25) is 0 Å². The van der Waals surface area contributed by atoms with Crippen molar-refractivity contribution in [2.75, 3.05) is 6.61 Å². The van der Waals surface area contributed by atoms with Crippen LogP contribution in [0.1, 0.15) is 70.4 Å². The lowest BCUT2D eigenvalue weighted by molar-refractivity contribution is -0.317. The highest BCUT2D eigenvalue weighted by Crippen LogP contribution is 2.57. The molecular formula is C30H36F3NO8. The first-order valence-corrected chi connectivity index (χ1v) is 14.3. The molecule has 9 nitrogen and oxygen atoms in total. The summed E-state index contributed by atoms with van der Waals surface area (Å²) in [6.45, 7) is 3.20. The number of rotatable bonds is 8. The largest absolute Gasteiger partial charge is 0.463 e. The third-order valence-electron chi connectivity index (χ3n) is 8.67. The van der Waals surface area contributed by atoms with E-state index in [9.17, 15) is 27.6 Å². The smallest absolute Gasteiger partial charge is 0.417 e. The van der Waals surface area contributed by atoms with E-state index in [1.165, 1.54) is 25.1 Å². The van der Waals surface area contributed by atoms with Gasteiger partial charge in [-0.2, -0.15) is 13.2 Å². The fourth-order valence-corrected chi connectivity index (χ4v) is 7.60. The summed E-state index contributed by atoms with van der Waals surface area (Å²) in [7, 11) is 0. The number of hydrogen-bond donors (Lipinski definition) is 0. The van der Waals surface area contributed by atoms with E-state index in [1.54, 1.807) is 0 Å². The molecule has 1 saturated heterocycles. The second-order valence-electron chi connectivity index (χ2n) is 12.1. The van der Waals surface area contributed by atoms with Crippen molar-refractivity contribution in [1.29, 1.82) is 0 Å². The zero-order chi connectivity index (χ0) is 30.2. The molecule has 4 aliphatic carbocycles. The van der Waals surface area contributed by atoms with Gasteiger partial charge in [0.05, 0.1) is 11.2 Å². The zero-order valence-electron chi connectivity index (χ0n) is 23.8. The summed E-state index contributed by atoms with van der Waals surface area (Å²) in [6, 6.07) is 3.76. The minimum absolute atomic E-state index is 0.203. The number of ether oxygens (including phenoxy) is 5. The van der Waals surface area contributed by atoms with Crippen LogP contribution in [0.4, 0.5) is 13.2 Å². The third-order valence-corrected chi connectivity index (χ3v) is 8.67. The van der Waals surface area contributed by atoms with Crippen LogP contribution >= 0.6 is 0 Å². The van der Waals surface area contributed by atoms with Gasteiger partial charge in [-0.15, -0.1) is 0 Å². The Morgan fingerprint density at radius 1 is 0.929 bits per heavy atom. The zero-order valence-corrected chi connectivity index (χ0v) is 23.8. The second kappa shape index (κ2) is 11.9. The normalized spacial score (nSPS) is 35.7. The summed E-state index contributed by atoms with van der Waals surface area (Å²) in [4.78, 5) is 40.6.